The predicted molar refractivity (Wildman–Crippen MR) is 81.4 cm³/mol. The van der Waals surface area contributed by atoms with E-state index in [4.69, 9.17) is 5.53 Å². The molecule has 0 atom stereocenters. The molecule has 0 saturated carbocycles. The van der Waals surface area contributed by atoms with E-state index in [1.807, 2.05) is 31.2 Å². The maximum atomic E-state index is 13.9. The molecule has 0 radical (unpaired) electrons. The molecule has 0 spiro atoms. The van der Waals surface area contributed by atoms with Crippen LogP contribution < -0.4 is 0 Å². The van der Waals surface area contributed by atoms with E-state index in [9.17, 15) is 9.18 Å². The number of aryl methyl sites for hydroxylation is 1. The fourth-order valence-electron chi connectivity index (χ4n) is 1.78. The average molecular weight is 316 g/mol. The molecule has 0 aliphatic heterocycles. The number of methoxy groups -OCH3 is 1. The first-order valence-electron chi connectivity index (χ1n) is 6.40. The molecule has 0 unspecified atom stereocenters. The van der Waals surface area contributed by atoms with Gasteiger partial charge in [-0.3, -0.25) is 0 Å². The normalized spacial score (nSPS) is 9.95. The second-order valence-electron chi connectivity index (χ2n) is 4.50. The van der Waals surface area contributed by atoms with Crippen LogP contribution in [0.25, 0.3) is 5.53 Å². The molecule has 0 amide bonds. The van der Waals surface area contributed by atoms with Gasteiger partial charge in [0.15, 0.2) is 0 Å². The molecule has 0 saturated heterocycles. The van der Waals surface area contributed by atoms with Crippen LogP contribution >= 0.6 is 11.8 Å². The van der Waals surface area contributed by atoms with E-state index in [0.717, 1.165) is 10.5 Å². The zero-order chi connectivity index (χ0) is 16.1. The summed E-state index contributed by atoms with van der Waals surface area (Å²) >= 11 is 1.22. The lowest BCUT2D eigenvalue weighted by molar-refractivity contribution is -0.137. The summed E-state index contributed by atoms with van der Waals surface area (Å²) in [7, 11) is 1.18. The van der Waals surface area contributed by atoms with Crippen molar-refractivity contribution >= 4 is 23.4 Å². The number of hydrogen-bond acceptors (Lipinski definition) is 3. The monoisotopic (exact) mass is 316 g/mol. The highest BCUT2D eigenvalue weighted by atomic mass is 32.2. The largest absolute Gasteiger partial charge is 0.460 e. The SMILES string of the molecule is COC(=O)C(=[N+]=[N-])c1ccc(F)c(Sc2ccc(C)cc2)c1. The number of hydrogen-bond donors (Lipinski definition) is 0. The van der Waals surface area contributed by atoms with Crippen molar-refractivity contribution in [1.82, 2.24) is 0 Å². The Kier molecular flexibility index (Phi) is 5.09. The van der Waals surface area contributed by atoms with Gasteiger partial charge in [0, 0.05) is 9.79 Å². The molecule has 0 fully saturated rings. The molecule has 0 N–H and O–H groups in total. The van der Waals surface area contributed by atoms with Gasteiger partial charge in [-0.25, -0.2) is 9.18 Å². The van der Waals surface area contributed by atoms with Crippen LogP contribution in [0.15, 0.2) is 52.3 Å². The van der Waals surface area contributed by atoms with Gasteiger partial charge in [-0.15, -0.1) is 0 Å². The fourth-order valence-corrected chi connectivity index (χ4v) is 2.65. The smallest absolute Gasteiger partial charge is 0.422 e. The summed E-state index contributed by atoms with van der Waals surface area (Å²) < 4.78 is 18.5. The van der Waals surface area contributed by atoms with E-state index >= 15 is 0 Å². The number of ether oxygens (including phenoxy) is 1. The van der Waals surface area contributed by atoms with Crippen LogP contribution in [0.4, 0.5) is 4.39 Å². The van der Waals surface area contributed by atoms with Crippen LogP contribution in [0.1, 0.15) is 11.1 Å². The van der Waals surface area contributed by atoms with Crippen LogP contribution in [0, 0.1) is 12.7 Å². The zero-order valence-corrected chi connectivity index (χ0v) is 12.9. The van der Waals surface area contributed by atoms with Crippen LogP contribution in [0.3, 0.4) is 0 Å². The predicted octanol–water partition coefficient (Wildman–Crippen LogP) is 3.48. The van der Waals surface area contributed by atoms with Crippen molar-refractivity contribution in [1.29, 1.82) is 0 Å². The molecule has 2 aromatic carbocycles. The maximum absolute atomic E-state index is 13.9. The highest BCUT2D eigenvalue weighted by molar-refractivity contribution is 7.99. The summed E-state index contributed by atoms with van der Waals surface area (Å²) in [6, 6.07) is 11.7. The minimum absolute atomic E-state index is 0.270. The summed E-state index contributed by atoms with van der Waals surface area (Å²) in [6.45, 7) is 1.97. The fraction of sp³-hybridized carbons (Fsp3) is 0.125. The van der Waals surface area contributed by atoms with Crippen LogP contribution in [0.5, 0.6) is 0 Å². The lowest BCUT2D eigenvalue weighted by Crippen LogP contribution is -2.18. The number of esters is 1. The molecule has 0 bridgehead atoms. The van der Waals surface area contributed by atoms with E-state index in [1.165, 1.54) is 37.1 Å². The first-order chi connectivity index (χ1) is 10.5. The van der Waals surface area contributed by atoms with E-state index in [0.29, 0.717) is 4.90 Å². The maximum Gasteiger partial charge on any atom is 0.422 e. The lowest BCUT2D eigenvalue weighted by Gasteiger charge is -2.05. The van der Waals surface area contributed by atoms with Gasteiger partial charge >= 0.3 is 11.7 Å². The van der Waals surface area contributed by atoms with Crippen molar-refractivity contribution in [2.24, 2.45) is 0 Å². The molecule has 4 nitrogen and oxygen atoms in total. The molecule has 112 valence electrons. The van der Waals surface area contributed by atoms with Crippen molar-refractivity contribution in [3.05, 3.63) is 64.9 Å². The Morgan fingerprint density at radius 1 is 1.23 bits per heavy atom. The number of rotatable bonds is 4. The Morgan fingerprint density at radius 3 is 2.50 bits per heavy atom. The van der Waals surface area contributed by atoms with Crippen molar-refractivity contribution in [2.75, 3.05) is 7.11 Å². The standard InChI is InChI=1S/C16H13FN2O2S/c1-10-3-6-12(7-4-10)22-14-9-11(5-8-13(14)17)15(19-18)16(20)21-2/h3-9H,1-2H3. The number of carbonyl (C=O) groups is 1. The van der Waals surface area contributed by atoms with E-state index < -0.39 is 11.8 Å². The van der Waals surface area contributed by atoms with Crippen molar-refractivity contribution in [3.8, 4) is 0 Å². The van der Waals surface area contributed by atoms with Crippen LogP contribution in [-0.4, -0.2) is 23.6 Å². The number of halogens is 1. The third-order valence-corrected chi connectivity index (χ3v) is 3.97. The average Bonchev–Trinajstić information content (AvgIpc) is 2.53. The summed E-state index contributed by atoms with van der Waals surface area (Å²) in [5.74, 6) is -1.21. The highest BCUT2D eigenvalue weighted by Gasteiger charge is 2.24. The van der Waals surface area contributed by atoms with Gasteiger partial charge in [0.2, 0.25) is 0 Å². The molecular weight excluding hydrogens is 303 g/mol. The van der Waals surface area contributed by atoms with E-state index in [1.54, 1.807) is 0 Å². The summed E-state index contributed by atoms with van der Waals surface area (Å²) in [5, 5.41) is 0. The van der Waals surface area contributed by atoms with Crippen LogP contribution in [0.2, 0.25) is 0 Å². The number of benzene rings is 2. The number of nitrogens with zero attached hydrogens (tertiary/aromatic N) is 2. The van der Waals surface area contributed by atoms with Gasteiger partial charge in [0.25, 0.3) is 0 Å². The third kappa shape index (κ3) is 3.61. The quantitative estimate of drug-likeness (QED) is 0.375. The van der Waals surface area contributed by atoms with Crippen molar-refractivity contribution in [3.63, 3.8) is 0 Å². The van der Waals surface area contributed by atoms with Gasteiger partial charge < -0.3 is 10.3 Å². The molecule has 0 aromatic heterocycles. The Labute approximate surface area is 131 Å². The lowest BCUT2D eigenvalue weighted by atomic mass is 10.1. The Balaban J connectivity index is 2.36. The summed E-state index contributed by atoms with van der Waals surface area (Å²) in [4.78, 5) is 15.6. The van der Waals surface area contributed by atoms with Gasteiger partial charge in [-0.2, -0.15) is 4.79 Å². The number of carbonyl (C=O) groups excluding carboxylic acids is 1. The van der Waals surface area contributed by atoms with Gasteiger partial charge in [0.05, 0.1) is 12.7 Å². The third-order valence-electron chi connectivity index (χ3n) is 2.93. The molecule has 0 aliphatic rings. The molecule has 22 heavy (non-hydrogen) atoms. The molecule has 0 aliphatic carbocycles. The van der Waals surface area contributed by atoms with Crippen molar-refractivity contribution in [2.45, 2.75) is 16.7 Å². The Hall–Kier alpha value is -2.43. The molecule has 0 heterocycles. The van der Waals surface area contributed by atoms with Gasteiger partial charge in [0.1, 0.15) is 5.82 Å². The molecular formula is C16H13FN2O2S. The Morgan fingerprint density at radius 2 is 1.91 bits per heavy atom. The second-order valence-corrected chi connectivity index (χ2v) is 5.62. The van der Waals surface area contributed by atoms with Gasteiger partial charge in [-0.05, 0) is 37.3 Å². The zero-order valence-electron chi connectivity index (χ0n) is 12.0. The first-order valence-corrected chi connectivity index (χ1v) is 7.21. The summed E-state index contributed by atoms with van der Waals surface area (Å²) in [5.41, 5.74) is 10.1. The van der Waals surface area contributed by atoms with E-state index in [-0.39, 0.29) is 11.3 Å². The summed E-state index contributed by atoms with van der Waals surface area (Å²) in [6.07, 6.45) is 0. The first kappa shape index (κ1) is 15.9. The molecule has 6 heteroatoms. The van der Waals surface area contributed by atoms with Crippen molar-refractivity contribution < 1.29 is 18.7 Å². The minimum atomic E-state index is -0.791. The Bertz CT molecular complexity index is 753. The molecule has 2 rings (SSSR count). The minimum Gasteiger partial charge on any atom is -0.460 e. The van der Waals surface area contributed by atoms with E-state index in [2.05, 4.69) is 9.53 Å². The second kappa shape index (κ2) is 7.02. The topological polar surface area (TPSA) is 62.7 Å². The van der Waals surface area contributed by atoms with Gasteiger partial charge in [-0.1, -0.05) is 29.5 Å². The highest BCUT2D eigenvalue weighted by Crippen LogP contribution is 2.30. The molecule has 2 aromatic rings. The van der Waals surface area contributed by atoms with Crippen LogP contribution in [-0.2, 0) is 9.53 Å².